The average molecular weight is 278 g/mol. The second-order valence-corrected chi connectivity index (χ2v) is 2.51. The van der Waals surface area contributed by atoms with Gasteiger partial charge in [-0.2, -0.15) is 0 Å². The van der Waals surface area contributed by atoms with Gasteiger partial charge in [-0.1, -0.05) is 0 Å². The summed E-state index contributed by atoms with van der Waals surface area (Å²) >= 11 is 0. The van der Waals surface area contributed by atoms with Crippen molar-refractivity contribution in [1.29, 1.82) is 0 Å². The van der Waals surface area contributed by atoms with Gasteiger partial charge in [0.05, 0.1) is 0 Å². The molecule has 0 saturated heterocycles. The summed E-state index contributed by atoms with van der Waals surface area (Å²) < 4.78 is 22.3. The van der Waals surface area contributed by atoms with Crippen molar-refractivity contribution in [2.45, 2.75) is 0 Å². The zero-order valence-electron chi connectivity index (χ0n) is 5.65. The molecule has 11 heteroatoms. The van der Waals surface area contributed by atoms with Gasteiger partial charge in [0.2, 0.25) is 0 Å². The van der Waals surface area contributed by atoms with Crippen LogP contribution in [0, 0.1) is 0 Å². The second-order valence-electron chi connectivity index (χ2n) is 0.634. The van der Waals surface area contributed by atoms with E-state index in [9.17, 15) is 9.13 Å². The predicted molar refractivity (Wildman–Crippen MR) is 48.9 cm³/mol. The van der Waals surface area contributed by atoms with Crippen LogP contribution in [0.1, 0.15) is 0 Å². The monoisotopic (exact) mass is 277 g/mol. The lowest BCUT2D eigenvalue weighted by Crippen LogP contribution is -1.58. The van der Waals surface area contributed by atoms with E-state index in [1.165, 1.54) is 0 Å². The molecule has 0 radical (unpaired) electrons. The minimum atomic E-state index is -3.20. The van der Waals surface area contributed by atoms with Crippen molar-refractivity contribution in [2.24, 2.45) is 0 Å². The summed E-state index contributed by atoms with van der Waals surface area (Å²) in [6.07, 6.45) is 0. The van der Waals surface area contributed by atoms with Crippen LogP contribution in [-0.4, -0.2) is 9.79 Å². The molecule has 0 spiro atoms. The van der Waals surface area contributed by atoms with Crippen molar-refractivity contribution >= 4 is 33.5 Å². The average Bonchev–Trinajstić information content (AvgIpc) is 1.27. The maximum absolute atomic E-state index is 9.44. The molecule has 2 unspecified atom stereocenters. The maximum Gasteiger partial charge on any atom is 0.323 e. The summed E-state index contributed by atoms with van der Waals surface area (Å²) in [6, 6.07) is 0. The fourth-order valence-electron chi connectivity index (χ4n) is 0.0747. The van der Waals surface area contributed by atoms with E-state index in [0.717, 1.165) is 0 Å². The van der Waals surface area contributed by atoms with Crippen LogP contribution in [0.15, 0.2) is 0 Å². The van der Waals surface area contributed by atoms with Gasteiger partial charge in [0, 0.05) is 0 Å². The molecule has 0 rings (SSSR count). The Morgan fingerprint density at radius 1 is 0.909 bits per heavy atom. The lowest BCUT2D eigenvalue weighted by molar-refractivity contribution is 0.371. The van der Waals surface area contributed by atoms with Gasteiger partial charge in [0.1, 0.15) is 0 Å². The van der Waals surface area contributed by atoms with Crippen molar-refractivity contribution in [3.05, 3.63) is 0 Å². The summed E-state index contributed by atoms with van der Waals surface area (Å²) in [6.45, 7) is 0. The van der Waals surface area contributed by atoms with E-state index in [1.54, 1.807) is 0 Å². The van der Waals surface area contributed by atoms with Crippen LogP contribution in [0.25, 0.3) is 0 Å². The first-order chi connectivity index (χ1) is 3.13. The van der Waals surface area contributed by atoms with Crippen LogP contribution in [0.4, 0.5) is 0 Å². The van der Waals surface area contributed by atoms with Crippen molar-refractivity contribution in [2.75, 3.05) is 0 Å². The molecule has 0 aliphatic rings. The molecular formula is H14BrN3O5P2. The Morgan fingerprint density at radius 2 is 1.09 bits per heavy atom. The highest BCUT2D eigenvalue weighted by atomic mass is 79.9. The fourth-order valence-corrected chi connectivity index (χ4v) is 0.672. The molecule has 0 aromatic rings. The minimum Gasteiger partial charge on any atom is -0.344 e. The smallest absolute Gasteiger partial charge is 0.323 e. The zero-order chi connectivity index (χ0) is 5.86. The Bertz CT molecular complexity index is 95.9. The van der Waals surface area contributed by atoms with Crippen LogP contribution in [0.5, 0.6) is 0 Å². The first-order valence-corrected chi connectivity index (χ1v) is 3.79. The quantitative estimate of drug-likeness (QED) is 0.458. The molecule has 0 saturated carbocycles. The first kappa shape index (κ1) is 29.8. The topological polar surface area (TPSA) is 189 Å². The summed E-state index contributed by atoms with van der Waals surface area (Å²) in [5.41, 5.74) is 0. The molecular weight excluding hydrogens is 264 g/mol. The van der Waals surface area contributed by atoms with Crippen LogP contribution in [0.3, 0.4) is 0 Å². The van der Waals surface area contributed by atoms with Gasteiger partial charge >= 0.3 is 16.5 Å². The lowest BCUT2D eigenvalue weighted by atomic mass is 14.0. The van der Waals surface area contributed by atoms with Crippen molar-refractivity contribution in [1.82, 2.24) is 18.5 Å². The third-order valence-electron chi connectivity index (χ3n) is 0.175. The van der Waals surface area contributed by atoms with Crippen molar-refractivity contribution in [3.8, 4) is 0 Å². The molecule has 2 atom stereocenters. The van der Waals surface area contributed by atoms with Gasteiger partial charge in [0.25, 0.3) is 0 Å². The molecule has 0 amide bonds. The molecule has 0 aliphatic carbocycles. The molecule has 0 aromatic carbocycles. The van der Waals surface area contributed by atoms with Gasteiger partial charge in [-0.25, -0.2) is 4.31 Å². The third-order valence-corrected chi connectivity index (χ3v) is 1.57. The number of hydrogen-bond donors (Lipinski definition) is 5. The van der Waals surface area contributed by atoms with Crippen LogP contribution >= 0.6 is 33.5 Å². The molecule has 8 nitrogen and oxygen atoms in total. The Balaban J connectivity index is -0.0000000300. The highest BCUT2D eigenvalue weighted by Gasteiger charge is 1.93. The summed E-state index contributed by atoms with van der Waals surface area (Å²) in [5.74, 6) is 0. The molecule has 0 aromatic heterocycles. The molecule has 76 valence electrons. The van der Waals surface area contributed by atoms with Gasteiger partial charge in [-0.05, 0) is 0 Å². The third kappa shape index (κ3) is 36.7. The van der Waals surface area contributed by atoms with Gasteiger partial charge in [-0.15, -0.1) is 17.0 Å². The van der Waals surface area contributed by atoms with E-state index in [-0.39, 0.29) is 35.4 Å². The summed E-state index contributed by atoms with van der Waals surface area (Å²) in [7, 11) is -6.40. The second kappa shape index (κ2) is 17.0. The SMILES string of the molecule is Br.N.N.N.O=[PH](O)O[PH](=O)O. The van der Waals surface area contributed by atoms with E-state index in [0.29, 0.717) is 0 Å². The van der Waals surface area contributed by atoms with Crippen molar-refractivity contribution < 1.29 is 23.2 Å². The normalized spacial score (nSPS) is 11.8. The van der Waals surface area contributed by atoms with Gasteiger partial charge in [-0.3, -0.25) is 9.13 Å². The van der Waals surface area contributed by atoms with E-state index in [1.807, 2.05) is 0 Å². The van der Waals surface area contributed by atoms with E-state index in [2.05, 4.69) is 4.31 Å². The standard InChI is InChI=1S/BrH.3H3N.H4O5P2/c;;;;1-6(2)5-7(3)4/h1H;3*1H3;6-7H,(H,1,2)(H,3,4). The first-order valence-electron chi connectivity index (χ1n) is 1.26. The van der Waals surface area contributed by atoms with E-state index >= 15 is 0 Å². The Hall–Kier alpha value is 0.700. The number of hydrogen-bond acceptors (Lipinski definition) is 6. The lowest BCUT2D eigenvalue weighted by Gasteiger charge is -1.86. The molecule has 11 heavy (non-hydrogen) atoms. The van der Waals surface area contributed by atoms with Crippen LogP contribution in [-0.2, 0) is 13.4 Å². The van der Waals surface area contributed by atoms with Gasteiger partial charge < -0.3 is 28.2 Å². The maximum atomic E-state index is 9.44. The van der Waals surface area contributed by atoms with E-state index < -0.39 is 16.5 Å². The molecule has 0 bridgehead atoms. The Kier molecular flexibility index (Phi) is 46.1. The number of rotatable bonds is 2. The van der Waals surface area contributed by atoms with E-state index in [4.69, 9.17) is 9.79 Å². The zero-order valence-corrected chi connectivity index (χ0v) is 9.36. The fraction of sp³-hybridized carbons (Fsp3) is 0. The molecule has 11 N–H and O–H groups in total. The summed E-state index contributed by atoms with van der Waals surface area (Å²) in [4.78, 5) is 15.4. The highest BCUT2D eigenvalue weighted by Crippen LogP contribution is 2.30. The van der Waals surface area contributed by atoms with Crippen molar-refractivity contribution in [3.63, 3.8) is 0 Å². The Labute approximate surface area is 75.8 Å². The molecule has 0 aliphatic heterocycles. The molecule has 0 heterocycles. The largest absolute Gasteiger partial charge is 0.344 e. The summed E-state index contributed by atoms with van der Waals surface area (Å²) in [5, 5.41) is 0. The minimum absolute atomic E-state index is 0. The predicted octanol–water partition coefficient (Wildman–Crippen LogP) is 0.831. The van der Waals surface area contributed by atoms with Crippen LogP contribution in [0.2, 0.25) is 0 Å². The van der Waals surface area contributed by atoms with Crippen LogP contribution < -0.4 is 18.5 Å². The Morgan fingerprint density at radius 3 is 1.09 bits per heavy atom. The van der Waals surface area contributed by atoms with Gasteiger partial charge in [0.15, 0.2) is 0 Å². The molecule has 0 fully saturated rings. The highest BCUT2D eigenvalue weighted by molar-refractivity contribution is 8.93. The number of halogens is 1.